The second-order valence-corrected chi connectivity index (χ2v) is 4.11. The summed E-state index contributed by atoms with van der Waals surface area (Å²) >= 11 is 5.72. The van der Waals surface area contributed by atoms with Gasteiger partial charge in [0.15, 0.2) is 0 Å². The van der Waals surface area contributed by atoms with E-state index >= 15 is 0 Å². The Labute approximate surface area is 114 Å². The molecular weight excluding hydrogens is 266 g/mol. The highest BCUT2D eigenvalue weighted by Crippen LogP contribution is 2.24. The van der Waals surface area contributed by atoms with E-state index in [0.29, 0.717) is 5.56 Å². The second-order valence-electron chi connectivity index (χ2n) is 3.70. The van der Waals surface area contributed by atoms with Crippen molar-refractivity contribution in [2.24, 2.45) is 5.10 Å². The number of rotatable bonds is 4. The van der Waals surface area contributed by atoms with E-state index in [1.165, 1.54) is 18.3 Å². The highest BCUT2D eigenvalue weighted by Gasteiger charge is 2.11. The lowest BCUT2D eigenvalue weighted by Gasteiger charge is -1.99. The Balaban J connectivity index is 2.11. The summed E-state index contributed by atoms with van der Waals surface area (Å²) < 4.78 is 0. The molecule has 0 bridgehead atoms. The second kappa shape index (κ2) is 5.97. The molecule has 0 aliphatic heterocycles. The molecule has 0 aliphatic rings. The molecule has 0 unspecified atom stereocenters. The Morgan fingerprint density at radius 3 is 2.63 bits per heavy atom. The molecule has 0 saturated heterocycles. The molecule has 0 fully saturated rings. The molecule has 5 nitrogen and oxygen atoms in total. The van der Waals surface area contributed by atoms with Crippen LogP contribution in [0.25, 0.3) is 0 Å². The van der Waals surface area contributed by atoms with Crippen LogP contribution in [0.3, 0.4) is 0 Å². The van der Waals surface area contributed by atoms with Gasteiger partial charge in [-0.2, -0.15) is 5.10 Å². The molecule has 6 heteroatoms. The molecule has 1 N–H and O–H groups in total. The highest BCUT2D eigenvalue weighted by molar-refractivity contribution is 6.32. The lowest BCUT2D eigenvalue weighted by Crippen LogP contribution is -1.93. The fourth-order valence-corrected chi connectivity index (χ4v) is 1.63. The minimum absolute atomic E-state index is 0.109. The number of para-hydroxylation sites is 1. The molecule has 2 aromatic carbocycles. The smallest absolute Gasteiger partial charge is 0.279 e. The van der Waals surface area contributed by atoms with Gasteiger partial charge in [0.2, 0.25) is 0 Å². The fraction of sp³-hybridized carbons (Fsp3) is 0. The van der Waals surface area contributed by atoms with Crippen LogP contribution in [0.2, 0.25) is 5.02 Å². The molecule has 0 heterocycles. The number of nitrogens with zero attached hydrogens (tertiary/aromatic N) is 2. The van der Waals surface area contributed by atoms with Gasteiger partial charge >= 0.3 is 0 Å². The van der Waals surface area contributed by atoms with Crippen LogP contribution in [0, 0.1) is 10.1 Å². The van der Waals surface area contributed by atoms with Crippen molar-refractivity contribution < 1.29 is 4.92 Å². The number of nitro benzene ring substituents is 1. The first-order valence-corrected chi connectivity index (χ1v) is 5.82. The van der Waals surface area contributed by atoms with Gasteiger partial charge in [-0.1, -0.05) is 35.9 Å². The van der Waals surface area contributed by atoms with E-state index in [1.54, 1.807) is 6.07 Å². The van der Waals surface area contributed by atoms with Crippen LogP contribution in [0.4, 0.5) is 11.4 Å². The van der Waals surface area contributed by atoms with Gasteiger partial charge in [0, 0.05) is 11.6 Å². The van der Waals surface area contributed by atoms with Crippen LogP contribution in [0.1, 0.15) is 5.56 Å². The summed E-state index contributed by atoms with van der Waals surface area (Å²) in [5, 5.41) is 14.8. The standard InChI is InChI=1S/C13H10ClN3O2/c14-12-7-6-10(8-13(12)17(18)19)9-15-16-11-4-2-1-3-5-11/h1-9,16H. The van der Waals surface area contributed by atoms with Gasteiger partial charge in [-0.25, -0.2) is 0 Å². The van der Waals surface area contributed by atoms with Gasteiger partial charge < -0.3 is 0 Å². The van der Waals surface area contributed by atoms with Crippen LogP contribution >= 0.6 is 11.6 Å². The van der Waals surface area contributed by atoms with E-state index in [9.17, 15) is 10.1 Å². The third kappa shape index (κ3) is 3.53. The first-order chi connectivity index (χ1) is 9.16. The molecule has 0 atom stereocenters. The maximum Gasteiger partial charge on any atom is 0.288 e. The first-order valence-electron chi connectivity index (χ1n) is 5.45. The number of halogens is 1. The van der Waals surface area contributed by atoms with Gasteiger partial charge in [0.25, 0.3) is 5.69 Å². The third-order valence-corrected chi connectivity index (χ3v) is 2.67. The number of benzene rings is 2. The largest absolute Gasteiger partial charge is 0.288 e. The van der Waals surface area contributed by atoms with Crippen molar-refractivity contribution in [3.05, 3.63) is 69.2 Å². The van der Waals surface area contributed by atoms with E-state index in [4.69, 9.17) is 11.6 Å². The van der Waals surface area contributed by atoms with Gasteiger partial charge in [0.05, 0.1) is 16.8 Å². The van der Waals surface area contributed by atoms with E-state index in [0.717, 1.165) is 5.69 Å². The molecule has 0 aromatic heterocycles. The quantitative estimate of drug-likeness (QED) is 0.525. The minimum Gasteiger partial charge on any atom is -0.279 e. The summed E-state index contributed by atoms with van der Waals surface area (Å²) in [5.74, 6) is 0. The number of anilines is 1. The Bertz CT molecular complexity index is 615. The van der Waals surface area contributed by atoms with Crippen molar-refractivity contribution in [2.75, 3.05) is 5.43 Å². The summed E-state index contributed by atoms with van der Waals surface area (Å²) in [5.41, 5.74) is 4.12. The molecule has 0 spiro atoms. The predicted molar refractivity (Wildman–Crippen MR) is 75.8 cm³/mol. The Morgan fingerprint density at radius 1 is 1.21 bits per heavy atom. The van der Waals surface area contributed by atoms with Crippen LogP contribution in [0.15, 0.2) is 53.6 Å². The molecule has 0 saturated carbocycles. The Morgan fingerprint density at radius 2 is 1.95 bits per heavy atom. The van der Waals surface area contributed by atoms with Gasteiger partial charge in [0.1, 0.15) is 5.02 Å². The average molecular weight is 276 g/mol. The van der Waals surface area contributed by atoms with E-state index in [2.05, 4.69) is 10.5 Å². The zero-order valence-electron chi connectivity index (χ0n) is 9.79. The summed E-state index contributed by atoms with van der Waals surface area (Å²) in [6, 6.07) is 13.9. The van der Waals surface area contributed by atoms with E-state index < -0.39 is 4.92 Å². The lowest BCUT2D eigenvalue weighted by atomic mass is 10.2. The average Bonchev–Trinajstić information content (AvgIpc) is 2.41. The van der Waals surface area contributed by atoms with E-state index in [-0.39, 0.29) is 10.7 Å². The number of nitrogens with one attached hydrogen (secondary N) is 1. The molecule has 96 valence electrons. The summed E-state index contributed by atoms with van der Waals surface area (Å²) in [6.45, 7) is 0. The normalized spacial score (nSPS) is 10.6. The number of nitro groups is 1. The monoisotopic (exact) mass is 275 g/mol. The van der Waals surface area contributed by atoms with Gasteiger partial charge in [-0.15, -0.1) is 0 Å². The molecule has 2 aromatic rings. The van der Waals surface area contributed by atoms with Crippen molar-refractivity contribution in [3.8, 4) is 0 Å². The summed E-state index contributed by atoms with van der Waals surface area (Å²) in [6.07, 6.45) is 1.50. The molecular formula is C13H10ClN3O2. The lowest BCUT2D eigenvalue weighted by molar-refractivity contribution is -0.384. The van der Waals surface area contributed by atoms with Crippen molar-refractivity contribution in [3.63, 3.8) is 0 Å². The number of hydrogen-bond donors (Lipinski definition) is 1. The van der Waals surface area contributed by atoms with Crippen LogP contribution in [0.5, 0.6) is 0 Å². The van der Waals surface area contributed by atoms with Crippen molar-refractivity contribution in [1.82, 2.24) is 0 Å². The van der Waals surface area contributed by atoms with Crippen molar-refractivity contribution in [1.29, 1.82) is 0 Å². The van der Waals surface area contributed by atoms with Gasteiger partial charge in [-0.3, -0.25) is 15.5 Å². The van der Waals surface area contributed by atoms with Gasteiger partial charge in [-0.05, 0) is 18.2 Å². The topological polar surface area (TPSA) is 67.5 Å². The molecule has 0 radical (unpaired) electrons. The first kappa shape index (κ1) is 13.0. The van der Waals surface area contributed by atoms with Crippen molar-refractivity contribution in [2.45, 2.75) is 0 Å². The molecule has 0 amide bonds. The van der Waals surface area contributed by atoms with Crippen LogP contribution in [-0.2, 0) is 0 Å². The third-order valence-electron chi connectivity index (χ3n) is 2.35. The zero-order chi connectivity index (χ0) is 13.7. The fourth-order valence-electron chi connectivity index (χ4n) is 1.44. The SMILES string of the molecule is O=[N+]([O-])c1cc(C=NNc2ccccc2)ccc1Cl. The summed E-state index contributed by atoms with van der Waals surface area (Å²) in [7, 11) is 0. The van der Waals surface area contributed by atoms with Crippen LogP contribution < -0.4 is 5.43 Å². The van der Waals surface area contributed by atoms with Crippen LogP contribution in [-0.4, -0.2) is 11.1 Å². The predicted octanol–water partition coefficient (Wildman–Crippen LogP) is 3.69. The minimum atomic E-state index is -0.524. The Kier molecular flexibility index (Phi) is 4.10. The molecule has 19 heavy (non-hydrogen) atoms. The highest BCUT2D eigenvalue weighted by atomic mass is 35.5. The zero-order valence-corrected chi connectivity index (χ0v) is 10.5. The number of hydrazone groups is 1. The Hall–Kier alpha value is -2.40. The maximum absolute atomic E-state index is 10.7. The molecule has 2 rings (SSSR count). The van der Waals surface area contributed by atoms with Crippen molar-refractivity contribution >= 4 is 29.2 Å². The van der Waals surface area contributed by atoms with E-state index in [1.807, 2.05) is 30.3 Å². The number of hydrogen-bond acceptors (Lipinski definition) is 4. The summed E-state index contributed by atoms with van der Waals surface area (Å²) in [4.78, 5) is 10.2. The molecule has 0 aliphatic carbocycles. The maximum atomic E-state index is 10.7.